The van der Waals surface area contributed by atoms with Gasteiger partial charge in [0.1, 0.15) is 23.0 Å². The molecule has 0 amide bonds. The van der Waals surface area contributed by atoms with Crippen LogP contribution in [0.5, 0.6) is 23.0 Å². The van der Waals surface area contributed by atoms with Crippen molar-refractivity contribution in [2.24, 2.45) is 0 Å². The lowest BCUT2D eigenvalue weighted by Gasteiger charge is -2.35. The zero-order valence-electron chi connectivity index (χ0n) is 24.8. The molecule has 0 spiro atoms. The first-order valence-corrected chi connectivity index (χ1v) is 17.5. The van der Waals surface area contributed by atoms with Crippen molar-refractivity contribution in [1.29, 1.82) is 0 Å². The number of phenols is 4. The van der Waals surface area contributed by atoms with Gasteiger partial charge in [-0.3, -0.25) is 0 Å². The van der Waals surface area contributed by atoms with Gasteiger partial charge in [0.15, 0.2) is 0 Å². The summed E-state index contributed by atoms with van der Waals surface area (Å²) in [5.41, 5.74) is 4.28. The van der Waals surface area contributed by atoms with Gasteiger partial charge in [-0.1, -0.05) is 64.8 Å². The van der Waals surface area contributed by atoms with Crippen molar-refractivity contribution in [2.45, 2.75) is 70.6 Å². The number of rotatable bonds is 9. The first-order valence-electron chi connectivity index (χ1n) is 14.3. The largest absolute Gasteiger partial charge is 0.508 e. The second-order valence-corrected chi connectivity index (χ2v) is 14.4. The zero-order valence-corrected chi connectivity index (χ0v) is 31.1. The molecule has 0 aliphatic heterocycles. The summed E-state index contributed by atoms with van der Waals surface area (Å²) in [6.45, 7) is 8.66. The molecule has 4 aromatic rings. The van der Waals surface area contributed by atoms with Gasteiger partial charge in [-0.2, -0.15) is 0 Å². The Labute approximate surface area is 288 Å². The first kappa shape index (κ1) is 35.5. The highest BCUT2D eigenvalue weighted by atomic mass is 79.9. The van der Waals surface area contributed by atoms with Gasteiger partial charge >= 0.3 is 0 Å². The van der Waals surface area contributed by atoms with E-state index < -0.39 is 0 Å². The second-order valence-electron chi connectivity index (χ2n) is 10.9. The monoisotopic (exact) mass is 838 g/mol. The van der Waals surface area contributed by atoms with Crippen LogP contribution in [-0.2, 0) is 10.8 Å². The molecule has 0 saturated carbocycles. The van der Waals surface area contributed by atoms with E-state index in [0.29, 0.717) is 29.4 Å². The van der Waals surface area contributed by atoms with Crippen molar-refractivity contribution in [3.63, 3.8) is 0 Å². The Morgan fingerprint density at radius 3 is 1.07 bits per heavy atom. The van der Waals surface area contributed by atoms with Crippen LogP contribution in [0.3, 0.4) is 0 Å². The van der Waals surface area contributed by atoms with Crippen molar-refractivity contribution in [1.82, 2.24) is 0 Å². The van der Waals surface area contributed by atoms with Gasteiger partial charge in [0.25, 0.3) is 0 Å². The molecule has 0 radical (unpaired) electrons. The third kappa shape index (κ3) is 7.99. The molecule has 4 N–H and O–H groups in total. The van der Waals surface area contributed by atoms with Crippen molar-refractivity contribution in [3.8, 4) is 23.0 Å². The minimum absolute atomic E-state index is 0.0507. The highest BCUT2D eigenvalue weighted by molar-refractivity contribution is 9.11. The summed E-state index contributed by atoms with van der Waals surface area (Å²) in [6.07, 6.45) is 5.14. The number of aromatic hydroxyl groups is 4. The van der Waals surface area contributed by atoms with E-state index in [1.54, 1.807) is 24.3 Å². The summed E-state index contributed by atoms with van der Waals surface area (Å²) < 4.78 is 2.59. The zero-order chi connectivity index (χ0) is 31.9. The second kappa shape index (κ2) is 15.3. The maximum absolute atomic E-state index is 9.92. The Kier molecular flexibility index (Phi) is 12.6. The molecule has 0 fully saturated rings. The van der Waals surface area contributed by atoms with Crippen molar-refractivity contribution in [3.05, 3.63) is 113 Å². The van der Waals surface area contributed by atoms with Crippen molar-refractivity contribution >= 4 is 63.7 Å². The quantitative estimate of drug-likeness (QED) is 0.135. The van der Waals surface area contributed by atoms with E-state index >= 15 is 0 Å². The number of phenolic OH excluding ortho intramolecular Hbond substituents is 4. The minimum Gasteiger partial charge on any atom is -0.508 e. The van der Waals surface area contributed by atoms with E-state index in [1.165, 1.54) is 11.1 Å². The molecule has 0 aromatic heterocycles. The Morgan fingerprint density at radius 2 is 0.814 bits per heavy atom. The molecule has 4 nitrogen and oxygen atoms in total. The summed E-state index contributed by atoms with van der Waals surface area (Å²) in [7, 11) is 0. The third-order valence-electron chi connectivity index (χ3n) is 8.21. The van der Waals surface area contributed by atoms with Crippen LogP contribution in [0.25, 0.3) is 0 Å². The first-order chi connectivity index (χ1) is 20.3. The van der Waals surface area contributed by atoms with Crippen molar-refractivity contribution in [2.75, 3.05) is 0 Å². The maximum atomic E-state index is 9.92. The summed E-state index contributed by atoms with van der Waals surface area (Å²) in [5, 5.41) is 39.0. The fraction of sp³-hybridized carbons (Fsp3) is 0.314. The molecular weight excluding hydrogens is 804 g/mol. The summed E-state index contributed by atoms with van der Waals surface area (Å²) in [4.78, 5) is 0. The Bertz CT molecular complexity index is 1360. The fourth-order valence-electron chi connectivity index (χ4n) is 5.63. The summed E-state index contributed by atoms with van der Waals surface area (Å²) in [5.74, 6) is 0.975. The lowest BCUT2D eigenvalue weighted by molar-refractivity contribution is 0.422. The fourth-order valence-corrected chi connectivity index (χ4v) is 8.00. The van der Waals surface area contributed by atoms with E-state index in [1.807, 2.05) is 48.5 Å². The van der Waals surface area contributed by atoms with Crippen LogP contribution in [0, 0.1) is 0 Å². The smallest absolute Gasteiger partial charge is 0.143 e. The molecule has 0 unspecified atom stereocenters. The standard InChI is InChI=1S/C19H24O2.C16H14Br4O2/c1-3-13-19(14-4-2,15-5-9-17(20)10-6-15)16-7-11-18(21)12-8-16;1-3-16(2,8-4-10(17)14(21)11(18)5-8)9-6-12(19)15(22)13(20)7-9/h5-12,20-21H,3-4,13-14H2,1-2H3;4-7,21-22H,3H2,1-2H3. The van der Waals surface area contributed by atoms with Gasteiger partial charge in [-0.05, 0) is 154 Å². The molecule has 230 valence electrons. The average molecular weight is 842 g/mol. The molecular formula is C35H38Br4O4. The van der Waals surface area contributed by atoms with E-state index in [0.717, 1.165) is 43.2 Å². The lowest BCUT2D eigenvalue weighted by Crippen LogP contribution is -2.27. The van der Waals surface area contributed by atoms with Crippen LogP contribution in [-0.4, -0.2) is 20.4 Å². The number of hydrogen-bond donors (Lipinski definition) is 4. The van der Waals surface area contributed by atoms with E-state index in [2.05, 4.69) is 91.4 Å². The van der Waals surface area contributed by atoms with Gasteiger partial charge in [0.05, 0.1) is 17.9 Å². The van der Waals surface area contributed by atoms with Gasteiger partial charge in [-0.15, -0.1) is 0 Å². The third-order valence-corrected chi connectivity index (χ3v) is 10.6. The predicted octanol–water partition coefficient (Wildman–Crippen LogP) is 11.8. The topological polar surface area (TPSA) is 80.9 Å². The Morgan fingerprint density at radius 1 is 0.512 bits per heavy atom. The van der Waals surface area contributed by atoms with Crippen LogP contribution in [0.4, 0.5) is 0 Å². The molecule has 4 aromatic carbocycles. The number of hydrogen-bond acceptors (Lipinski definition) is 4. The molecule has 4 rings (SSSR count). The van der Waals surface area contributed by atoms with E-state index in [9.17, 15) is 20.4 Å². The molecule has 43 heavy (non-hydrogen) atoms. The van der Waals surface area contributed by atoms with Crippen LogP contribution in [0.1, 0.15) is 82.1 Å². The number of benzene rings is 4. The van der Waals surface area contributed by atoms with Crippen LogP contribution >= 0.6 is 63.7 Å². The van der Waals surface area contributed by atoms with Crippen LogP contribution in [0.2, 0.25) is 0 Å². The molecule has 0 heterocycles. The lowest BCUT2D eigenvalue weighted by atomic mass is 9.68. The molecule has 8 heteroatoms. The highest BCUT2D eigenvalue weighted by Gasteiger charge is 2.33. The van der Waals surface area contributed by atoms with E-state index in [-0.39, 0.29) is 22.3 Å². The van der Waals surface area contributed by atoms with Crippen LogP contribution in [0.15, 0.2) is 90.7 Å². The van der Waals surface area contributed by atoms with E-state index in [4.69, 9.17) is 0 Å². The molecule has 0 saturated heterocycles. The Hall–Kier alpha value is -2.00. The van der Waals surface area contributed by atoms with Gasteiger partial charge in [0.2, 0.25) is 0 Å². The summed E-state index contributed by atoms with van der Waals surface area (Å²) in [6, 6.07) is 22.8. The summed E-state index contributed by atoms with van der Waals surface area (Å²) >= 11 is 13.6. The molecule has 0 bridgehead atoms. The Balaban J connectivity index is 0.000000236. The SMILES string of the molecule is CCC(C)(c1cc(Br)c(O)c(Br)c1)c1cc(Br)c(O)c(Br)c1.CCCC(CCC)(c1ccc(O)cc1)c1ccc(O)cc1. The molecule has 0 aliphatic carbocycles. The van der Waals surface area contributed by atoms with Gasteiger partial charge in [0, 0.05) is 10.8 Å². The number of halogens is 4. The normalized spacial score (nSPS) is 11.6. The van der Waals surface area contributed by atoms with Crippen molar-refractivity contribution < 1.29 is 20.4 Å². The highest BCUT2D eigenvalue weighted by Crippen LogP contribution is 2.45. The van der Waals surface area contributed by atoms with Gasteiger partial charge in [-0.25, -0.2) is 0 Å². The maximum Gasteiger partial charge on any atom is 0.143 e. The molecule has 0 aliphatic rings. The minimum atomic E-state index is -0.266. The van der Waals surface area contributed by atoms with Gasteiger partial charge < -0.3 is 20.4 Å². The average Bonchev–Trinajstić information content (AvgIpc) is 2.98. The van der Waals surface area contributed by atoms with Crippen LogP contribution < -0.4 is 0 Å². The molecule has 0 atom stereocenters. The predicted molar refractivity (Wildman–Crippen MR) is 191 cm³/mol.